The van der Waals surface area contributed by atoms with Crippen molar-refractivity contribution in [1.29, 1.82) is 0 Å². The Hall–Kier alpha value is -0.706. The predicted octanol–water partition coefficient (Wildman–Crippen LogP) is 5.04. The van der Waals surface area contributed by atoms with Crippen molar-refractivity contribution in [3.05, 3.63) is 59.6 Å². The van der Waals surface area contributed by atoms with E-state index >= 15 is 0 Å². The van der Waals surface area contributed by atoms with Crippen molar-refractivity contribution in [1.82, 2.24) is 0 Å². The molecular formula is C27H46O3Ti. The summed E-state index contributed by atoms with van der Waals surface area (Å²) in [6, 6.07) is 0. The molecule has 176 valence electrons. The Balaban J connectivity index is -0.000000343. The normalized spacial score (nSPS) is 13.2. The monoisotopic (exact) mass is 466 g/mol. The molecule has 0 atom stereocenters. The van der Waals surface area contributed by atoms with E-state index in [0.717, 1.165) is 0 Å². The van der Waals surface area contributed by atoms with Gasteiger partial charge in [0, 0.05) is 0 Å². The van der Waals surface area contributed by atoms with Crippen LogP contribution in [0.2, 0.25) is 0 Å². The van der Waals surface area contributed by atoms with Crippen molar-refractivity contribution in [3.8, 4) is 0 Å². The van der Waals surface area contributed by atoms with Gasteiger partial charge in [-0.15, -0.1) is 36.5 Å². The third-order valence-electron chi connectivity index (χ3n) is 3.74. The van der Waals surface area contributed by atoms with Crippen LogP contribution in [0.3, 0.4) is 0 Å². The van der Waals surface area contributed by atoms with Crippen LogP contribution in [-0.2, 0) is 20.4 Å². The molecule has 0 saturated carbocycles. The molecule has 0 amide bonds. The molecule has 0 N–H and O–H groups in total. The maximum absolute atomic E-state index is 10.6. The fourth-order valence-electron chi connectivity index (χ4n) is 2.19. The van der Waals surface area contributed by atoms with Gasteiger partial charge in [0.2, 0.25) is 0 Å². The molecule has 3 nitrogen and oxygen atoms in total. The van der Waals surface area contributed by atoms with Crippen LogP contribution in [0.1, 0.15) is 93.4 Å². The topological polar surface area (TPSA) is 69.2 Å². The molecule has 0 heterocycles. The molecule has 0 spiro atoms. The van der Waals surface area contributed by atoms with Gasteiger partial charge in [-0.1, -0.05) is 59.8 Å². The van der Waals surface area contributed by atoms with E-state index in [1.807, 2.05) is 0 Å². The first kappa shape index (κ1) is 34.9. The number of unbranched alkanes of at least 4 members (excludes halogenated alkanes) is 1. The molecule has 0 fully saturated rings. The summed E-state index contributed by atoms with van der Waals surface area (Å²) in [5.74, 6) is 0. The van der Waals surface area contributed by atoms with Crippen molar-refractivity contribution < 1.29 is 35.8 Å². The minimum atomic E-state index is -0.818. The van der Waals surface area contributed by atoms with Gasteiger partial charge >= 0.3 is 74.6 Å². The van der Waals surface area contributed by atoms with E-state index < -0.39 is 16.8 Å². The van der Waals surface area contributed by atoms with Crippen LogP contribution in [-0.4, -0.2) is 16.8 Å². The summed E-state index contributed by atoms with van der Waals surface area (Å²) in [7, 11) is 0. The second-order valence-corrected chi connectivity index (χ2v) is 10.4. The molecule has 0 aliphatic heterocycles. The Kier molecular flexibility index (Phi) is 21.2. The van der Waals surface area contributed by atoms with E-state index in [1.54, 1.807) is 69.2 Å². The van der Waals surface area contributed by atoms with Crippen LogP contribution in [0.25, 0.3) is 0 Å². The van der Waals surface area contributed by atoms with Crippen molar-refractivity contribution in [2.75, 3.05) is 0 Å². The second kappa shape index (κ2) is 18.8. The zero-order valence-electron chi connectivity index (χ0n) is 21.2. The van der Waals surface area contributed by atoms with Gasteiger partial charge in [-0.25, -0.2) is 0 Å². The summed E-state index contributed by atoms with van der Waals surface area (Å²) in [5, 5.41) is 31.9. The average molecular weight is 467 g/mol. The minimum absolute atomic E-state index is 0.549. The van der Waals surface area contributed by atoms with Crippen molar-refractivity contribution in [3.63, 3.8) is 0 Å². The fourth-order valence-corrected chi connectivity index (χ4v) is 2.70. The molecule has 1 aliphatic rings. The van der Waals surface area contributed by atoms with Gasteiger partial charge in [0.15, 0.2) is 0 Å². The fraction of sp³-hybridized carbons (Fsp3) is 0.630. The Morgan fingerprint density at radius 3 is 1.35 bits per heavy atom. The van der Waals surface area contributed by atoms with E-state index in [0.29, 0.717) is 19.3 Å². The van der Waals surface area contributed by atoms with E-state index in [-0.39, 0.29) is 0 Å². The summed E-state index contributed by atoms with van der Waals surface area (Å²) in [5.41, 5.74) is -0.868. The molecule has 0 unspecified atom stereocenters. The Bertz CT molecular complexity index is 491. The van der Waals surface area contributed by atoms with Crippen LogP contribution in [0.5, 0.6) is 0 Å². The number of hydrogen-bond acceptors (Lipinski definition) is 3. The van der Waals surface area contributed by atoms with Gasteiger partial charge in [-0.2, -0.15) is 0 Å². The van der Waals surface area contributed by atoms with Gasteiger partial charge in [0.25, 0.3) is 0 Å². The quantitative estimate of drug-likeness (QED) is 0.353. The van der Waals surface area contributed by atoms with Crippen LogP contribution in [0.4, 0.5) is 0 Å². The molecular weight excluding hydrogens is 420 g/mol. The number of hydrogen-bond donors (Lipinski definition) is 0. The van der Waals surface area contributed by atoms with Gasteiger partial charge < -0.3 is 15.3 Å². The van der Waals surface area contributed by atoms with Gasteiger partial charge in [0.05, 0.1) is 0 Å². The van der Waals surface area contributed by atoms with Crippen LogP contribution in [0, 0.1) is 0 Å². The number of allylic oxidation sites excluding steroid dienone is 4. The zero-order valence-corrected chi connectivity index (χ0v) is 22.7. The molecule has 31 heavy (non-hydrogen) atoms. The summed E-state index contributed by atoms with van der Waals surface area (Å²) in [4.78, 5) is 0. The molecule has 0 radical (unpaired) electrons. The standard InChI is InChI=1S/C9H13.3C6H11O.Ti/c1-2-3-6-9-7-4-5-8-9;3*1-4-5-6(2,3)7;/h4,7H,2-3,5-6H2,1H3;3*4H,1,5H2,2-3H3;/q;3*-1;+3. The Morgan fingerprint density at radius 1 is 0.839 bits per heavy atom. The summed E-state index contributed by atoms with van der Waals surface area (Å²) < 4.78 is 1.58. The van der Waals surface area contributed by atoms with E-state index in [9.17, 15) is 15.3 Å². The predicted molar refractivity (Wildman–Crippen MR) is 127 cm³/mol. The van der Waals surface area contributed by atoms with Gasteiger partial charge in [-0.05, 0) is 19.3 Å². The molecule has 0 aromatic heterocycles. The number of rotatable bonds is 9. The molecule has 0 saturated heterocycles. The van der Waals surface area contributed by atoms with E-state index in [2.05, 4.69) is 59.2 Å². The SMILES string of the molecule is C=CCC(C)(C)[O-].C=CCC(C)(C)[O-].C=CCC(C)(C)[O-].CCCCC1=[C]([Ti+3])CC=C1. The van der Waals surface area contributed by atoms with Crippen LogP contribution < -0.4 is 15.3 Å². The first-order valence-electron chi connectivity index (χ1n) is 11.1. The summed E-state index contributed by atoms with van der Waals surface area (Å²) in [6.45, 7) is 22.5. The molecule has 1 rings (SSSR count). The first-order valence-corrected chi connectivity index (χ1v) is 11.8. The summed E-state index contributed by atoms with van der Waals surface area (Å²) >= 11 is 2.24. The van der Waals surface area contributed by atoms with Crippen molar-refractivity contribution in [2.45, 2.75) is 110 Å². The Labute approximate surface area is 205 Å². The van der Waals surface area contributed by atoms with Crippen molar-refractivity contribution in [2.24, 2.45) is 0 Å². The second-order valence-electron chi connectivity index (χ2n) is 9.47. The van der Waals surface area contributed by atoms with Crippen LogP contribution in [0.15, 0.2) is 59.6 Å². The third-order valence-corrected chi connectivity index (χ3v) is 4.56. The molecule has 0 aromatic carbocycles. The molecule has 0 bridgehead atoms. The van der Waals surface area contributed by atoms with E-state index in [1.165, 1.54) is 25.7 Å². The molecule has 4 heteroatoms. The van der Waals surface area contributed by atoms with Crippen LogP contribution >= 0.6 is 0 Å². The third kappa shape index (κ3) is 34.1. The zero-order chi connectivity index (χ0) is 25.1. The van der Waals surface area contributed by atoms with E-state index in [4.69, 9.17) is 0 Å². The first-order chi connectivity index (χ1) is 14.0. The summed E-state index contributed by atoms with van der Waals surface area (Å²) in [6.07, 6.45) is 16.3. The van der Waals surface area contributed by atoms with Gasteiger partial charge in [-0.3, -0.25) is 0 Å². The maximum atomic E-state index is 10.6. The average Bonchev–Trinajstić information content (AvgIpc) is 2.96. The molecule has 0 aromatic rings. The van der Waals surface area contributed by atoms with Crippen molar-refractivity contribution >= 4 is 0 Å². The Morgan fingerprint density at radius 2 is 1.19 bits per heavy atom. The molecule has 1 aliphatic carbocycles. The van der Waals surface area contributed by atoms with Gasteiger partial charge in [0.1, 0.15) is 0 Å².